The number of anilines is 1. The molecular weight excluding hydrogens is 382 g/mol. The Bertz CT molecular complexity index is 961. The Labute approximate surface area is 164 Å². The van der Waals surface area contributed by atoms with Crippen molar-refractivity contribution in [2.75, 3.05) is 17.1 Å². The number of amides is 1. The highest BCUT2D eigenvalue weighted by molar-refractivity contribution is 7.92. The van der Waals surface area contributed by atoms with Gasteiger partial charge in [0.25, 0.3) is 5.69 Å². The van der Waals surface area contributed by atoms with E-state index in [1.165, 1.54) is 12.1 Å². The standard InChI is InChI=1S/C19H23N3O5S/c1-4-17(15-8-6-5-7-9-15)20-19(23)13-21(28(3,26)27)18-12-16(22(24)25)11-10-14(18)2/h5-12,17H,4,13H2,1-3H3,(H,20,23). The number of carbonyl (C=O) groups is 1. The summed E-state index contributed by atoms with van der Waals surface area (Å²) in [5.41, 5.74) is 1.29. The van der Waals surface area contributed by atoms with E-state index in [0.29, 0.717) is 12.0 Å². The van der Waals surface area contributed by atoms with Crippen LogP contribution in [0.5, 0.6) is 0 Å². The lowest BCUT2D eigenvalue weighted by atomic mass is 10.0. The molecule has 1 unspecified atom stereocenters. The van der Waals surface area contributed by atoms with Gasteiger partial charge in [0.2, 0.25) is 15.9 Å². The van der Waals surface area contributed by atoms with E-state index >= 15 is 0 Å². The van der Waals surface area contributed by atoms with Gasteiger partial charge in [0.15, 0.2) is 0 Å². The van der Waals surface area contributed by atoms with Crippen LogP contribution in [-0.4, -0.2) is 32.0 Å². The summed E-state index contributed by atoms with van der Waals surface area (Å²) in [5, 5.41) is 13.9. The molecule has 1 N–H and O–H groups in total. The number of nitro groups is 1. The lowest BCUT2D eigenvalue weighted by molar-refractivity contribution is -0.384. The second-order valence-corrected chi connectivity index (χ2v) is 8.34. The van der Waals surface area contributed by atoms with Gasteiger partial charge < -0.3 is 5.32 Å². The van der Waals surface area contributed by atoms with Gasteiger partial charge in [-0.25, -0.2) is 8.42 Å². The van der Waals surface area contributed by atoms with E-state index in [9.17, 15) is 23.3 Å². The number of nitrogens with zero attached hydrogens (tertiary/aromatic N) is 2. The first-order valence-corrected chi connectivity index (χ1v) is 10.6. The number of nitro benzene ring substituents is 1. The molecule has 150 valence electrons. The zero-order valence-electron chi connectivity index (χ0n) is 16.0. The minimum atomic E-state index is -3.84. The molecule has 1 amide bonds. The fraction of sp³-hybridized carbons (Fsp3) is 0.316. The van der Waals surface area contributed by atoms with Crippen LogP contribution in [0.1, 0.15) is 30.5 Å². The zero-order valence-corrected chi connectivity index (χ0v) is 16.8. The van der Waals surface area contributed by atoms with Crippen molar-refractivity contribution in [2.24, 2.45) is 0 Å². The van der Waals surface area contributed by atoms with E-state index in [0.717, 1.165) is 22.2 Å². The van der Waals surface area contributed by atoms with Crippen LogP contribution in [0.2, 0.25) is 0 Å². The molecule has 28 heavy (non-hydrogen) atoms. The van der Waals surface area contributed by atoms with Crippen molar-refractivity contribution in [3.63, 3.8) is 0 Å². The van der Waals surface area contributed by atoms with E-state index in [1.54, 1.807) is 6.92 Å². The Morgan fingerprint density at radius 3 is 2.39 bits per heavy atom. The third-order valence-corrected chi connectivity index (χ3v) is 5.43. The first kappa shape index (κ1) is 21.4. The van der Waals surface area contributed by atoms with Crippen molar-refractivity contribution in [3.05, 3.63) is 69.8 Å². The maximum absolute atomic E-state index is 12.6. The Balaban J connectivity index is 2.29. The number of hydrogen-bond acceptors (Lipinski definition) is 5. The van der Waals surface area contributed by atoms with Crippen molar-refractivity contribution in [3.8, 4) is 0 Å². The lowest BCUT2D eigenvalue weighted by Gasteiger charge is -2.25. The minimum absolute atomic E-state index is 0.111. The molecule has 0 bridgehead atoms. The molecule has 0 saturated heterocycles. The van der Waals surface area contributed by atoms with Crippen LogP contribution in [0.3, 0.4) is 0 Å². The highest BCUT2D eigenvalue weighted by Crippen LogP contribution is 2.27. The summed E-state index contributed by atoms with van der Waals surface area (Å²) >= 11 is 0. The average Bonchev–Trinajstić information content (AvgIpc) is 2.64. The smallest absolute Gasteiger partial charge is 0.271 e. The van der Waals surface area contributed by atoms with Gasteiger partial charge in [-0.05, 0) is 24.5 Å². The van der Waals surface area contributed by atoms with Crippen LogP contribution in [0, 0.1) is 17.0 Å². The van der Waals surface area contributed by atoms with Crippen molar-refractivity contribution < 1.29 is 18.1 Å². The van der Waals surface area contributed by atoms with Crippen LogP contribution >= 0.6 is 0 Å². The van der Waals surface area contributed by atoms with Crippen LogP contribution < -0.4 is 9.62 Å². The monoisotopic (exact) mass is 405 g/mol. The van der Waals surface area contributed by atoms with Crippen LogP contribution in [-0.2, 0) is 14.8 Å². The van der Waals surface area contributed by atoms with Gasteiger partial charge in [-0.2, -0.15) is 0 Å². The van der Waals surface area contributed by atoms with Crippen LogP contribution in [0.15, 0.2) is 48.5 Å². The van der Waals surface area contributed by atoms with E-state index in [-0.39, 0.29) is 17.4 Å². The largest absolute Gasteiger partial charge is 0.348 e. The van der Waals surface area contributed by atoms with Gasteiger partial charge in [0, 0.05) is 12.1 Å². The number of aryl methyl sites for hydroxylation is 1. The summed E-state index contributed by atoms with van der Waals surface area (Å²) in [5.74, 6) is -0.493. The van der Waals surface area contributed by atoms with Crippen molar-refractivity contribution in [1.29, 1.82) is 0 Å². The molecule has 1 atom stereocenters. The van der Waals surface area contributed by atoms with E-state index in [1.807, 2.05) is 37.3 Å². The third kappa shape index (κ3) is 5.29. The topological polar surface area (TPSA) is 110 Å². The number of hydrogen-bond donors (Lipinski definition) is 1. The van der Waals surface area contributed by atoms with E-state index in [4.69, 9.17) is 0 Å². The van der Waals surface area contributed by atoms with E-state index in [2.05, 4.69) is 5.32 Å². The van der Waals surface area contributed by atoms with Crippen LogP contribution in [0.4, 0.5) is 11.4 Å². The fourth-order valence-corrected chi connectivity index (χ4v) is 3.74. The Hall–Kier alpha value is -2.94. The molecule has 8 nitrogen and oxygen atoms in total. The van der Waals surface area contributed by atoms with Crippen molar-refractivity contribution in [1.82, 2.24) is 5.32 Å². The number of non-ortho nitro benzene ring substituents is 1. The fourth-order valence-electron chi connectivity index (χ4n) is 2.84. The maximum atomic E-state index is 12.6. The predicted octanol–water partition coefficient (Wildman–Crippen LogP) is 2.94. The molecule has 0 heterocycles. The quantitative estimate of drug-likeness (QED) is 0.536. The third-order valence-electron chi connectivity index (χ3n) is 4.31. The SMILES string of the molecule is CCC(NC(=O)CN(c1cc([N+](=O)[O-])ccc1C)S(C)(=O)=O)c1ccccc1. The predicted molar refractivity (Wildman–Crippen MR) is 108 cm³/mol. The summed E-state index contributed by atoms with van der Waals surface area (Å²) in [6, 6.07) is 13.0. The number of nitrogens with one attached hydrogen (secondary N) is 1. The molecule has 0 aliphatic rings. The van der Waals surface area contributed by atoms with E-state index < -0.39 is 27.4 Å². The summed E-state index contributed by atoms with van der Waals surface area (Å²) in [7, 11) is -3.84. The van der Waals surface area contributed by atoms with Gasteiger partial charge in [-0.15, -0.1) is 0 Å². The molecule has 0 aliphatic heterocycles. The molecule has 0 aromatic heterocycles. The Morgan fingerprint density at radius 2 is 1.86 bits per heavy atom. The summed E-state index contributed by atoms with van der Waals surface area (Å²) in [4.78, 5) is 23.0. The van der Waals surface area contributed by atoms with Crippen LogP contribution in [0.25, 0.3) is 0 Å². The normalized spacial score (nSPS) is 12.2. The second kappa shape index (κ2) is 8.83. The number of sulfonamides is 1. The molecule has 9 heteroatoms. The molecule has 2 rings (SSSR count). The highest BCUT2D eigenvalue weighted by Gasteiger charge is 2.25. The molecule has 2 aromatic rings. The Morgan fingerprint density at radius 1 is 1.21 bits per heavy atom. The summed E-state index contributed by atoms with van der Waals surface area (Å²) in [6.45, 7) is 3.08. The van der Waals surface area contributed by atoms with Gasteiger partial charge in [-0.1, -0.05) is 43.3 Å². The molecule has 0 radical (unpaired) electrons. The molecule has 0 aliphatic carbocycles. The Kier molecular flexibility index (Phi) is 6.74. The minimum Gasteiger partial charge on any atom is -0.348 e. The van der Waals surface area contributed by atoms with Gasteiger partial charge in [0.1, 0.15) is 6.54 Å². The highest BCUT2D eigenvalue weighted by atomic mass is 32.2. The number of rotatable bonds is 8. The van der Waals surface area contributed by atoms with Crippen molar-refractivity contribution >= 4 is 27.3 Å². The maximum Gasteiger partial charge on any atom is 0.271 e. The number of carbonyl (C=O) groups excluding carboxylic acids is 1. The first-order chi connectivity index (χ1) is 13.1. The van der Waals surface area contributed by atoms with Gasteiger partial charge in [-0.3, -0.25) is 19.2 Å². The summed E-state index contributed by atoms with van der Waals surface area (Å²) < 4.78 is 25.5. The molecular formula is C19H23N3O5S. The molecule has 0 saturated carbocycles. The zero-order chi connectivity index (χ0) is 20.9. The van der Waals surface area contributed by atoms with Crippen molar-refractivity contribution in [2.45, 2.75) is 26.3 Å². The summed E-state index contributed by atoms with van der Waals surface area (Å²) in [6.07, 6.45) is 1.59. The molecule has 0 spiro atoms. The second-order valence-electron chi connectivity index (χ2n) is 6.44. The van der Waals surface area contributed by atoms with Gasteiger partial charge >= 0.3 is 0 Å². The first-order valence-electron chi connectivity index (χ1n) is 8.70. The number of benzene rings is 2. The molecule has 2 aromatic carbocycles. The molecule has 0 fully saturated rings. The average molecular weight is 405 g/mol. The lowest BCUT2D eigenvalue weighted by Crippen LogP contribution is -2.41. The van der Waals surface area contributed by atoms with Gasteiger partial charge in [0.05, 0.1) is 22.9 Å².